The topological polar surface area (TPSA) is 26.0 Å². The highest BCUT2D eigenvalue weighted by molar-refractivity contribution is 6.30. The van der Waals surface area contributed by atoms with Crippen LogP contribution < -0.4 is 5.73 Å². The molecule has 0 fully saturated rings. The minimum absolute atomic E-state index is 0.273. The Balaban J connectivity index is 2.67. The maximum Gasteiger partial charge on any atom is 0.0408 e. The van der Waals surface area contributed by atoms with Gasteiger partial charge in [-0.15, -0.1) is 0 Å². The van der Waals surface area contributed by atoms with Crippen LogP contribution in [0.25, 0.3) is 0 Å². The molecule has 13 heavy (non-hydrogen) atoms. The summed E-state index contributed by atoms with van der Waals surface area (Å²) in [5.74, 6) is 0. The van der Waals surface area contributed by atoms with Gasteiger partial charge in [-0.2, -0.15) is 0 Å². The zero-order valence-corrected chi connectivity index (χ0v) is 8.93. The Morgan fingerprint density at radius 1 is 1.46 bits per heavy atom. The monoisotopic (exact) mass is 197 g/mol. The van der Waals surface area contributed by atoms with Crippen LogP contribution in [0.3, 0.4) is 0 Å². The van der Waals surface area contributed by atoms with Crippen LogP contribution in [-0.2, 0) is 6.42 Å². The van der Waals surface area contributed by atoms with E-state index >= 15 is 0 Å². The number of aryl methyl sites for hydroxylation is 2. The molecule has 1 aromatic rings. The molecule has 1 nitrogen and oxygen atoms in total. The van der Waals surface area contributed by atoms with E-state index in [-0.39, 0.29) is 6.04 Å². The van der Waals surface area contributed by atoms with Crippen LogP contribution in [0.1, 0.15) is 24.5 Å². The molecule has 0 amide bonds. The first-order chi connectivity index (χ1) is 6.09. The molecule has 0 aromatic heterocycles. The zero-order valence-electron chi connectivity index (χ0n) is 8.18. The molecule has 1 unspecified atom stereocenters. The average Bonchev–Trinajstić information content (AvgIpc) is 2.02. The minimum atomic E-state index is 0.273. The van der Waals surface area contributed by atoms with Crippen molar-refractivity contribution in [3.63, 3.8) is 0 Å². The molecule has 2 heteroatoms. The van der Waals surface area contributed by atoms with Gasteiger partial charge in [-0.05, 0) is 49.9 Å². The Kier molecular flexibility index (Phi) is 3.76. The Hall–Kier alpha value is -0.530. The summed E-state index contributed by atoms with van der Waals surface area (Å²) in [5, 5.41) is 0.807. The molecule has 1 atom stereocenters. The molecule has 1 aromatic carbocycles. The van der Waals surface area contributed by atoms with Gasteiger partial charge in [-0.1, -0.05) is 17.7 Å². The highest BCUT2D eigenvalue weighted by Crippen LogP contribution is 2.16. The summed E-state index contributed by atoms with van der Waals surface area (Å²) in [6.45, 7) is 4.12. The summed E-state index contributed by atoms with van der Waals surface area (Å²) in [5.41, 5.74) is 8.30. The summed E-state index contributed by atoms with van der Waals surface area (Å²) in [6.07, 6.45) is 2.07. The van der Waals surface area contributed by atoms with Crippen molar-refractivity contribution in [2.75, 3.05) is 0 Å². The Morgan fingerprint density at radius 2 is 2.15 bits per heavy atom. The lowest BCUT2D eigenvalue weighted by molar-refractivity contribution is 0.664. The van der Waals surface area contributed by atoms with Crippen molar-refractivity contribution in [1.82, 2.24) is 0 Å². The van der Waals surface area contributed by atoms with E-state index in [0.29, 0.717) is 0 Å². The largest absolute Gasteiger partial charge is 0.328 e. The Morgan fingerprint density at radius 3 is 2.69 bits per heavy atom. The Labute approximate surface area is 84.9 Å². The van der Waals surface area contributed by atoms with E-state index in [9.17, 15) is 0 Å². The lowest BCUT2D eigenvalue weighted by atomic mass is 10.0. The number of nitrogens with two attached hydrogens (primary N) is 1. The van der Waals surface area contributed by atoms with Gasteiger partial charge < -0.3 is 5.73 Å². The van der Waals surface area contributed by atoms with Crippen molar-refractivity contribution in [3.05, 3.63) is 34.3 Å². The maximum atomic E-state index is 5.85. The fourth-order valence-corrected chi connectivity index (χ4v) is 1.55. The van der Waals surface area contributed by atoms with Gasteiger partial charge >= 0.3 is 0 Å². The first kappa shape index (κ1) is 10.6. The highest BCUT2D eigenvalue weighted by Gasteiger charge is 2.00. The van der Waals surface area contributed by atoms with Crippen LogP contribution in [0.2, 0.25) is 5.02 Å². The summed E-state index contributed by atoms with van der Waals surface area (Å²) < 4.78 is 0. The van der Waals surface area contributed by atoms with Crippen molar-refractivity contribution >= 4 is 11.6 Å². The lowest BCUT2D eigenvalue weighted by Crippen LogP contribution is -2.15. The first-order valence-electron chi connectivity index (χ1n) is 4.60. The second-order valence-electron chi connectivity index (χ2n) is 3.59. The van der Waals surface area contributed by atoms with Gasteiger partial charge in [0.15, 0.2) is 0 Å². The molecule has 72 valence electrons. The van der Waals surface area contributed by atoms with Gasteiger partial charge in [0.2, 0.25) is 0 Å². The van der Waals surface area contributed by atoms with Crippen molar-refractivity contribution in [1.29, 1.82) is 0 Å². The summed E-state index contributed by atoms with van der Waals surface area (Å²) in [6, 6.07) is 6.29. The molecule has 0 aliphatic rings. The third kappa shape index (κ3) is 3.37. The first-order valence-corrected chi connectivity index (χ1v) is 4.98. The smallest absolute Gasteiger partial charge is 0.0408 e. The van der Waals surface area contributed by atoms with E-state index in [2.05, 4.69) is 13.0 Å². The van der Waals surface area contributed by atoms with Gasteiger partial charge in [0.1, 0.15) is 0 Å². The summed E-state index contributed by atoms with van der Waals surface area (Å²) in [4.78, 5) is 0. The number of benzene rings is 1. The minimum Gasteiger partial charge on any atom is -0.328 e. The predicted molar refractivity (Wildman–Crippen MR) is 58.2 cm³/mol. The van der Waals surface area contributed by atoms with Crippen LogP contribution in [0.5, 0.6) is 0 Å². The van der Waals surface area contributed by atoms with Crippen molar-refractivity contribution in [2.24, 2.45) is 5.73 Å². The van der Waals surface area contributed by atoms with Gasteiger partial charge in [-0.25, -0.2) is 0 Å². The van der Waals surface area contributed by atoms with E-state index in [1.807, 2.05) is 19.1 Å². The number of rotatable bonds is 3. The molecule has 0 saturated heterocycles. The third-order valence-electron chi connectivity index (χ3n) is 2.17. The SMILES string of the molecule is Cc1cc(Cl)ccc1CCC(C)N. The normalized spacial score (nSPS) is 12.9. The molecular formula is C11H16ClN. The number of hydrogen-bond acceptors (Lipinski definition) is 1. The van der Waals surface area contributed by atoms with Gasteiger partial charge in [0, 0.05) is 11.1 Å². The number of halogens is 1. The van der Waals surface area contributed by atoms with Crippen molar-refractivity contribution in [2.45, 2.75) is 32.7 Å². The van der Waals surface area contributed by atoms with Crippen LogP contribution in [0.4, 0.5) is 0 Å². The van der Waals surface area contributed by atoms with Crippen molar-refractivity contribution < 1.29 is 0 Å². The van der Waals surface area contributed by atoms with E-state index in [0.717, 1.165) is 17.9 Å². The maximum absolute atomic E-state index is 5.85. The van der Waals surface area contributed by atoms with Crippen LogP contribution in [0, 0.1) is 6.92 Å². The second-order valence-corrected chi connectivity index (χ2v) is 4.02. The zero-order chi connectivity index (χ0) is 9.84. The molecule has 1 rings (SSSR count). The average molecular weight is 198 g/mol. The third-order valence-corrected chi connectivity index (χ3v) is 2.41. The Bertz CT molecular complexity index is 281. The predicted octanol–water partition coefficient (Wildman–Crippen LogP) is 2.93. The standard InChI is InChI=1S/C11H16ClN/c1-8-7-11(12)6-5-10(8)4-3-9(2)13/h5-7,9H,3-4,13H2,1-2H3. The van der Waals surface area contributed by atoms with E-state index < -0.39 is 0 Å². The van der Waals surface area contributed by atoms with E-state index in [1.165, 1.54) is 11.1 Å². The van der Waals surface area contributed by atoms with E-state index in [1.54, 1.807) is 0 Å². The van der Waals surface area contributed by atoms with Gasteiger partial charge in [0.25, 0.3) is 0 Å². The molecule has 0 saturated carbocycles. The quantitative estimate of drug-likeness (QED) is 0.793. The van der Waals surface area contributed by atoms with Gasteiger partial charge in [0.05, 0.1) is 0 Å². The number of hydrogen-bond donors (Lipinski definition) is 1. The molecule has 0 heterocycles. The summed E-state index contributed by atoms with van der Waals surface area (Å²) >= 11 is 5.85. The molecular weight excluding hydrogens is 182 g/mol. The molecule has 0 radical (unpaired) electrons. The van der Waals surface area contributed by atoms with Crippen LogP contribution in [-0.4, -0.2) is 6.04 Å². The van der Waals surface area contributed by atoms with E-state index in [4.69, 9.17) is 17.3 Å². The second kappa shape index (κ2) is 4.64. The lowest BCUT2D eigenvalue weighted by Gasteiger charge is -2.07. The molecule has 0 spiro atoms. The molecule has 0 aliphatic carbocycles. The fraction of sp³-hybridized carbons (Fsp3) is 0.455. The van der Waals surface area contributed by atoms with Crippen LogP contribution in [0.15, 0.2) is 18.2 Å². The molecule has 0 aliphatic heterocycles. The van der Waals surface area contributed by atoms with Crippen molar-refractivity contribution in [3.8, 4) is 0 Å². The summed E-state index contributed by atoms with van der Waals surface area (Å²) in [7, 11) is 0. The van der Waals surface area contributed by atoms with Gasteiger partial charge in [-0.3, -0.25) is 0 Å². The fourth-order valence-electron chi connectivity index (χ4n) is 1.32. The molecule has 0 bridgehead atoms. The molecule has 2 N–H and O–H groups in total. The highest BCUT2D eigenvalue weighted by atomic mass is 35.5. The van der Waals surface area contributed by atoms with Crippen LogP contribution >= 0.6 is 11.6 Å².